The predicted octanol–water partition coefficient (Wildman–Crippen LogP) is 2.10. The van der Waals surface area contributed by atoms with Crippen molar-refractivity contribution in [3.05, 3.63) is 35.4 Å². The van der Waals surface area contributed by atoms with Crippen LogP contribution in [0, 0.1) is 6.92 Å². The van der Waals surface area contributed by atoms with Crippen LogP contribution in [0.5, 0.6) is 0 Å². The fraction of sp³-hybridized carbons (Fsp3) is 0.571. The smallest absolute Gasteiger partial charge is 0.137 e. The first kappa shape index (κ1) is 12.6. The Morgan fingerprint density at radius 3 is 2.94 bits per heavy atom. The van der Waals surface area contributed by atoms with Crippen LogP contribution in [0.2, 0.25) is 0 Å². The number of aryl methyl sites for hydroxylation is 1. The van der Waals surface area contributed by atoms with Crippen LogP contribution in [0.1, 0.15) is 30.7 Å². The molecular weight excluding hydrogens is 214 g/mol. The maximum atomic E-state index is 9.22. The zero-order valence-corrected chi connectivity index (χ0v) is 10.6. The second kappa shape index (κ2) is 5.63. The molecule has 0 saturated carbocycles. The molecule has 1 aromatic rings. The van der Waals surface area contributed by atoms with Gasteiger partial charge in [0.1, 0.15) is 6.23 Å². The summed E-state index contributed by atoms with van der Waals surface area (Å²) in [4.78, 5) is 2.30. The minimum atomic E-state index is -0.0490. The van der Waals surface area contributed by atoms with Crippen molar-refractivity contribution < 1.29 is 9.84 Å². The van der Waals surface area contributed by atoms with E-state index in [1.165, 1.54) is 11.1 Å². The van der Waals surface area contributed by atoms with E-state index < -0.39 is 0 Å². The third-order valence-electron chi connectivity index (χ3n) is 3.13. The molecule has 17 heavy (non-hydrogen) atoms. The number of rotatable bonds is 4. The third-order valence-corrected chi connectivity index (χ3v) is 3.13. The van der Waals surface area contributed by atoms with Crippen molar-refractivity contribution in [2.45, 2.75) is 32.6 Å². The highest BCUT2D eigenvalue weighted by atomic mass is 16.5. The van der Waals surface area contributed by atoms with Crippen molar-refractivity contribution in [2.24, 2.45) is 0 Å². The molecular formula is C14H21NO2. The number of benzene rings is 1. The lowest BCUT2D eigenvalue weighted by molar-refractivity contribution is -0.0195. The van der Waals surface area contributed by atoms with Crippen LogP contribution in [0.25, 0.3) is 0 Å². The maximum absolute atomic E-state index is 9.22. The van der Waals surface area contributed by atoms with E-state index in [0.29, 0.717) is 0 Å². The van der Waals surface area contributed by atoms with Crippen LogP contribution in [0.4, 0.5) is 0 Å². The van der Waals surface area contributed by atoms with Crippen molar-refractivity contribution in [3.8, 4) is 0 Å². The molecule has 0 radical (unpaired) electrons. The number of aliphatic hydroxyl groups is 1. The number of ether oxygens (including phenoxy) is 1. The Kier molecular flexibility index (Phi) is 4.15. The van der Waals surface area contributed by atoms with Crippen molar-refractivity contribution in [1.29, 1.82) is 0 Å². The summed E-state index contributed by atoms with van der Waals surface area (Å²) in [5.74, 6) is 0. The highest BCUT2D eigenvalue weighted by molar-refractivity contribution is 5.24. The molecule has 94 valence electrons. The van der Waals surface area contributed by atoms with Gasteiger partial charge in [-0.3, -0.25) is 4.90 Å². The molecule has 3 nitrogen and oxygen atoms in total. The molecule has 2 atom stereocenters. The average molecular weight is 235 g/mol. The van der Waals surface area contributed by atoms with Gasteiger partial charge in [-0.1, -0.05) is 36.8 Å². The fourth-order valence-corrected chi connectivity index (χ4v) is 2.38. The van der Waals surface area contributed by atoms with Gasteiger partial charge >= 0.3 is 0 Å². The first-order valence-corrected chi connectivity index (χ1v) is 6.31. The molecule has 2 rings (SSSR count). The number of aliphatic hydroxyl groups excluding tert-OH is 1. The zero-order valence-electron chi connectivity index (χ0n) is 10.6. The minimum absolute atomic E-state index is 0.00648. The van der Waals surface area contributed by atoms with E-state index in [2.05, 4.69) is 43.0 Å². The van der Waals surface area contributed by atoms with Crippen molar-refractivity contribution in [1.82, 2.24) is 4.90 Å². The Hall–Kier alpha value is -0.900. The SMILES string of the molecule is CCCN1CC(CO)OC1c1cccc(C)c1. The van der Waals surface area contributed by atoms with Crippen LogP contribution in [-0.2, 0) is 4.74 Å². The van der Waals surface area contributed by atoms with Gasteiger partial charge in [-0.05, 0) is 18.9 Å². The molecule has 1 saturated heterocycles. The topological polar surface area (TPSA) is 32.7 Å². The Morgan fingerprint density at radius 1 is 1.47 bits per heavy atom. The van der Waals surface area contributed by atoms with E-state index in [1.807, 2.05) is 0 Å². The predicted molar refractivity (Wildman–Crippen MR) is 67.7 cm³/mol. The zero-order chi connectivity index (χ0) is 12.3. The van der Waals surface area contributed by atoms with Gasteiger partial charge < -0.3 is 9.84 Å². The van der Waals surface area contributed by atoms with Gasteiger partial charge in [0.2, 0.25) is 0 Å². The van der Waals surface area contributed by atoms with Crippen LogP contribution in [-0.4, -0.2) is 35.8 Å². The fourth-order valence-electron chi connectivity index (χ4n) is 2.38. The number of hydrogen-bond acceptors (Lipinski definition) is 3. The molecule has 1 aromatic carbocycles. The largest absolute Gasteiger partial charge is 0.394 e. The maximum Gasteiger partial charge on any atom is 0.137 e. The summed E-state index contributed by atoms with van der Waals surface area (Å²) in [5.41, 5.74) is 2.43. The van der Waals surface area contributed by atoms with Crippen molar-refractivity contribution in [2.75, 3.05) is 19.7 Å². The van der Waals surface area contributed by atoms with Crippen LogP contribution in [0.3, 0.4) is 0 Å². The summed E-state index contributed by atoms with van der Waals surface area (Å²) in [6.07, 6.45) is 1.06. The number of nitrogens with zero attached hydrogens (tertiary/aromatic N) is 1. The van der Waals surface area contributed by atoms with E-state index in [9.17, 15) is 5.11 Å². The molecule has 2 unspecified atom stereocenters. The molecule has 0 aromatic heterocycles. The molecule has 0 bridgehead atoms. The highest BCUT2D eigenvalue weighted by Gasteiger charge is 2.32. The molecule has 1 aliphatic heterocycles. The standard InChI is InChI=1S/C14H21NO2/c1-3-7-15-9-13(10-16)17-14(15)12-6-4-5-11(2)8-12/h4-6,8,13-14,16H,3,7,9-10H2,1-2H3. The van der Waals surface area contributed by atoms with Gasteiger partial charge in [-0.2, -0.15) is 0 Å². The summed E-state index contributed by atoms with van der Waals surface area (Å²) in [5, 5.41) is 9.22. The quantitative estimate of drug-likeness (QED) is 0.867. The van der Waals surface area contributed by atoms with E-state index in [-0.39, 0.29) is 18.9 Å². The molecule has 0 aliphatic carbocycles. The lowest BCUT2D eigenvalue weighted by atomic mass is 10.1. The normalized spacial score (nSPS) is 25.4. The second-order valence-corrected chi connectivity index (χ2v) is 4.70. The van der Waals surface area contributed by atoms with E-state index in [0.717, 1.165) is 19.5 Å². The molecule has 0 amide bonds. The molecule has 1 fully saturated rings. The lowest BCUT2D eigenvalue weighted by Gasteiger charge is -2.22. The van der Waals surface area contributed by atoms with Gasteiger partial charge in [-0.15, -0.1) is 0 Å². The number of hydrogen-bond donors (Lipinski definition) is 1. The van der Waals surface area contributed by atoms with Crippen LogP contribution >= 0.6 is 0 Å². The summed E-state index contributed by atoms with van der Waals surface area (Å²) < 4.78 is 5.89. The minimum Gasteiger partial charge on any atom is -0.394 e. The Morgan fingerprint density at radius 2 is 2.29 bits per heavy atom. The van der Waals surface area contributed by atoms with Gasteiger partial charge in [0.15, 0.2) is 0 Å². The summed E-state index contributed by atoms with van der Waals surface area (Å²) in [7, 11) is 0. The Bertz CT molecular complexity index is 367. The molecule has 1 aliphatic rings. The lowest BCUT2D eigenvalue weighted by Crippen LogP contribution is -2.26. The highest BCUT2D eigenvalue weighted by Crippen LogP contribution is 2.30. The van der Waals surface area contributed by atoms with Crippen molar-refractivity contribution in [3.63, 3.8) is 0 Å². The summed E-state index contributed by atoms with van der Waals surface area (Å²) in [6.45, 7) is 6.19. The molecule has 1 N–H and O–H groups in total. The summed E-state index contributed by atoms with van der Waals surface area (Å²) >= 11 is 0. The monoisotopic (exact) mass is 235 g/mol. The first-order valence-electron chi connectivity index (χ1n) is 6.31. The second-order valence-electron chi connectivity index (χ2n) is 4.70. The van der Waals surface area contributed by atoms with Gasteiger partial charge in [0.05, 0.1) is 12.7 Å². The molecule has 0 spiro atoms. The van der Waals surface area contributed by atoms with Crippen LogP contribution < -0.4 is 0 Å². The Labute approximate surface area is 103 Å². The van der Waals surface area contributed by atoms with E-state index >= 15 is 0 Å². The average Bonchev–Trinajstić information content (AvgIpc) is 2.73. The van der Waals surface area contributed by atoms with Gasteiger partial charge in [0.25, 0.3) is 0 Å². The van der Waals surface area contributed by atoms with E-state index in [4.69, 9.17) is 4.74 Å². The Balaban J connectivity index is 2.17. The van der Waals surface area contributed by atoms with Gasteiger partial charge in [0, 0.05) is 13.1 Å². The summed E-state index contributed by atoms with van der Waals surface area (Å²) in [6, 6.07) is 8.41. The first-order chi connectivity index (χ1) is 8.24. The third kappa shape index (κ3) is 2.86. The van der Waals surface area contributed by atoms with E-state index in [1.54, 1.807) is 0 Å². The molecule has 3 heteroatoms. The van der Waals surface area contributed by atoms with Gasteiger partial charge in [-0.25, -0.2) is 0 Å². The molecule has 1 heterocycles. The van der Waals surface area contributed by atoms with Crippen LogP contribution in [0.15, 0.2) is 24.3 Å². The van der Waals surface area contributed by atoms with Crippen molar-refractivity contribution >= 4 is 0 Å².